The average Bonchev–Trinajstić information content (AvgIpc) is 2.00. The minimum absolute atomic E-state index is 0.222. The van der Waals surface area contributed by atoms with E-state index in [0.717, 1.165) is 19.0 Å². The fraction of sp³-hybridized carbons (Fsp3) is 1.00. The van der Waals surface area contributed by atoms with Crippen molar-refractivity contribution in [1.82, 2.24) is 10.2 Å². The molecule has 0 spiro atoms. The number of hydrogen-bond donors (Lipinski definition) is 2. The SMILES string of the molecule is CCC1CN(CCNCC(C)O)C1. The predicted octanol–water partition coefficient (Wildman–Crippen LogP) is 0.299. The van der Waals surface area contributed by atoms with Gasteiger partial charge in [-0.3, -0.25) is 0 Å². The maximum Gasteiger partial charge on any atom is 0.0636 e. The first-order valence-electron chi connectivity index (χ1n) is 5.33. The summed E-state index contributed by atoms with van der Waals surface area (Å²) in [5.74, 6) is 0.941. The Morgan fingerprint density at radius 1 is 1.54 bits per heavy atom. The Morgan fingerprint density at radius 2 is 2.23 bits per heavy atom. The van der Waals surface area contributed by atoms with Gasteiger partial charge in [-0.05, 0) is 12.8 Å². The average molecular weight is 186 g/mol. The van der Waals surface area contributed by atoms with Gasteiger partial charge in [-0.2, -0.15) is 0 Å². The van der Waals surface area contributed by atoms with Gasteiger partial charge in [0.2, 0.25) is 0 Å². The molecule has 0 amide bonds. The van der Waals surface area contributed by atoms with E-state index in [1.54, 1.807) is 0 Å². The highest BCUT2D eigenvalue weighted by molar-refractivity contribution is 4.78. The molecule has 1 fully saturated rings. The van der Waals surface area contributed by atoms with Crippen molar-refractivity contribution in [2.45, 2.75) is 26.4 Å². The molecule has 1 aliphatic rings. The summed E-state index contributed by atoms with van der Waals surface area (Å²) in [6.45, 7) is 9.45. The first-order valence-corrected chi connectivity index (χ1v) is 5.33. The molecule has 3 nitrogen and oxygen atoms in total. The monoisotopic (exact) mass is 186 g/mol. The minimum Gasteiger partial charge on any atom is -0.392 e. The molecule has 1 rings (SSSR count). The second kappa shape index (κ2) is 5.58. The van der Waals surface area contributed by atoms with Crippen molar-refractivity contribution in [3.63, 3.8) is 0 Å². The summed E-state index contributed by atoms with van der Waals surface area (Å²) in [4.78, 5) is 2.46. The highest BCUT2D eigenvalue weighted by Crippen LogP contribution is 2.16. The van der Waals surface area contributed by atoms with Crippen molar-refractivity contribution >= 4 is 0 Å². The lowest BCUT2D eigenvalue weighted by Crippen LogP contribution is -2.49. The van der Waals surface area contributed by atoms with Gasteiger partial charge in [-0.25, -0.2) is 0 Å². The lowest BCUT2D eigenvalue weighted by Gasteiger charge is -2.38. The van der Waals surface area contributed by atoms with Crippen LogP contribution in [-0.4, -0.2) is 48.8 Å². The smallest absolute Gasteiger partial charge is 0.0636 e. The van der Waals surface area contributed by atoms with Crippen LogP contribution in [0.25, 0.3) is 0 Å². The number of hydrogen-bond acceptors (Lipinski definition) is 3. The lowest BCUT2D eigenvalue weighted by atomic mass is 9.98. The standard InChI is InChI=1S/C10H22N2O/c1-3-10-7-12(8-10)5-4-11-6-9(2)13/h9-11,13H,3-8H2,1-2H3. The molecule has 0 aromatic carbocycles. The molecule has 1 unspecified atom stereocenters. The third-order valence-corrected chi connectivity index (χ3v) is 2.65. The van der Waals surface area contributed by atoms with Gasteiger partial charge in [-0.1, -0.05) is 13.3 Å². The molecule has 0 aliphatic carbocycles. The maximum atomic E-state index is 8.99. The Morgan fingerprint density at radius 3 is 2.77 bits per heavy atom. The fourth-order valence-corrected chi connectivity index (χ4v) is 1.67. The molecular formula is C10H22N2O. The molecule has 0 bridgehead atoms. The Balaban J connectivity index is 1.85. The van der Waals surface area contributed by atoms with E-state index < -0.39 is 0 Å². The summed E-state index contributed by atoms with van der Waals surface area (Å²) in [5.41, 5.74) is 0. The van der Waals surface area contributed by atoms with Gasteiger partial charge < -0.3 is 15.3 Å². The van der Waals surface area contributed by atoms with E-state index in [9.17, 15) is 0 Å². The first-order chi connectivity index (χ1) is 6.22. The van der Waals surface area contributed by atoms with Crippen molar-refractivity contribution < 1.29 is 5.11 Å². The number of aliphatic hydroxyl groups excluding tert-OH is 1. The van der Waals surface area contributed by atoms with Gasteiger partial charge in [0.05, 0.1) is 6.10 Å². The molecule has 13 heavy (non-hydrogen) atoms. The van der Waals surface area contributed by atoms with Crippen LogP contribution in [0.5, 0.6) is 0 Å². The van der Waals surface area contributed by atoms with Gasteiger partial charge in [0.1, 0.15) is 0 Å². The molecule has 0 aromatic heterocycles. The Kier molecular flexibility index (Phi) is 4.70. The third kappa shape index (κ3) is 4.07. The minimum atomic E-state index is -0.222. The Labute approximate surface area is 81.1 Å². The number of rotatable bonds is 6. The quantitative estimate of drug-likeness (QED) is 0.586. The summed E-state index contributed by atoms with van der Waals surface area (Å²) in [6, 6.07) is 0. The van der Waals surface area contributed by atoms with Crippen LogP contribution in [-0.2, 0) is 0 Å². The van der Waals surface area contributed by atoms with E-state index in [4.69, 9.17) is 5.11 Å². The van der Waals surface area contributed by atoms with Crippen molar-refractivity contribution in [1.29, 1.82) is 0 Å². The second-order valence-corrected chi connectivity index (χ2v) is 4.09. The number of nitrogens with zero attached hydrogens (tertiary/aromatic N) is 1. The van der Waals surface area contributed by atoms with Crippen LogP contribution >= 0.6 is 0 Å². The van der Waals surface area contributed by atoms with Gasteiger partial charge >= 0.3 is 0 Å². The zero-order valence-corrected chi connectivity index (χ0v) is 8.79. The van der Waals surface area contributed by atoms with E-state index in [2.05, 4.69) is 17.1 Å². The van der Waals surface area contributed by atoms with Crippen LogP contribution in [0.4, 0.5) is 0 Å². The van der Waals surface area contributed by atoms with Crippen LogP contribution in [0.2, 0.25) is 0 Å². The van der Waals surface area contributed by atoms with E-state index in [1.165, 1.54) is 19.5 Å². The molecule has 1 saturated heterocycles. The molecular weight excluding hydrogens is 164 g/mol. The molecule has 0 radical (unpaired) electrons. The molecule has 0 saturated carbocycles. The van der Waals surface area contributed by atoms with Crippen LogP contribution in [0.15, 0.2) is 0 Å². The van der Waals surface area contributed by atoms with Gasteiger partial charge in [0.15, 0.2) is 0 Å². The normalized spacial score (nSPS) is 21.5. The highest BCUT2D eigenvalue weighted by Gasteiger charge is 2.23. The maximum absolute atomic E-state index is 8.99. The van der Waals surface area contributed by atoms with Crippen LogP contribution in [0, 0.1) is 5.92 Å². The van der Waals surface area contributed by atoms with E-state index in [-0.39, 0.29) is 6.10 Å². The molecule has 1 heterocycles. The van der Waals surface area contributed by atoms with Crippen molar-refractivity contribution in [3.05, 3.63) is 0 Å². The number of likely N-dealkylation sites (tertiary alicyclic amines) is 1. The van der Waals surface area contributed by atoms with Gasteiger partial charge in [0, 0.05) is 32.7 Å². The van der Waals surface area contributed by atoms with Crippen molar-refractivity contribution in [3.8, 4) is 0 Å². The lowest BCUT2D eigenvalue weighted by molar-refractivity contribution is 0.0972. The van der Waals surface area contributed by atoms with Crippen molar-refractivity contribution in [2.75, 3.05) is 32.7 Å². The summed E-state index contributed by atoms with van der Waals surface area (Å²) < 4.78 is 0. The summed E-state index contributed by atoms with van der Waals surface area (Å²) >= 11 is 0. The molecule has 3 heteroatoms. The topological polar surface area (TPSA) is 35.5 Å². The van der Waals surface area contributed by atoms with E-state index in [1.807, 2.05) is 6.92 Å². The third-order valence-electron chi connectivity index (χ3n) is 2.65. The summed E-state index contributed by atoms with van der Waals surface area (Å²) in [6.07, 6.45) is 1.09. The number of aliphatic hydroxyl groups is 1. The predicted molar refractivity (Wildman–Crippen MR) is 54.8 cm³/mol. The first kappa shape index (κ1) is 11.0. The van der Waals surface area contributed by atoms with Crippen molar-refractivity contribution in [2.24, 2.45) is 5.92 Å². The Bertz CT molecular complexity index is 133. The van der Waals surface area contributed by atoms with Crippen LogP contribution in [0.1, 0.15) is 20.3 Å². The summed E-state index contributed by atoms with van der Waals surface area (Å²) in [7, 11) is 0. The fourth-order valence-electron chi connectivity index (χ4n) is 1.67. The summed E-state index contributed by atoms with van der Waals surface area (Å²) in [5, 5.41) is 12.2. The van der Waals surface area contributed by atoms with Crippen LogP contribution in [0.3, 0.4) is 0 Å². The van der Waals surface area contributed by atoms with Gasteiger partial charge in [-0.15, -0.1) is 0 Å². The molecule has 0 aromatic rings. The highest BCUT2D eigenvalue weighted by atomic mass is 16.3. The van der Waals surface area contributed by atoms with E-state index in [0.29, 0.717) is 6.54 Å². The van der Waals surface area contributed by atoms with Gasteiger partial charge in [0.25, 0.3) is 0 Å². The largest absolute Gasteiger partial charge is 0.392 e. The zero-order valence-electron chi connectivity index (χ0n) is 8.79. The molecule has 2 N–H and O–H groups in total. The Hall–Kier alpha value is -0.120. The second-order valence-electron chi connectivity index (χ2n) is 4.09. The van der Waals surface area contributed by atoms with E-state index >= 15 is 0 Å². The molecule has 1 aliphatic heterocycles. The molecule has 78 valence electrons. The number of nitrogens with one attached hydrogen (secondary N) is 1. The molecule has 1 atom stereocenters. The van der Waals surface area contributed by atoms with Crippen LogP contribution < -0.4 is 5.32 Å². The zero-order chi connectivity index (χ0) is 9.68.